The van der Waals surface area contributed by atoms with Gasteiger partial charge >= 0.3 is 12.2 Å². The predicted molar refractivity (Wildman–Crippen MR) is 174 cm³/mol. The molecule has 1 fully saturated rings. The topological polar surface area (TPSA) is 154 Å². The molecule has 0 bridgehead atoms. The molecule has 0 spiro atoms. The SMILES string of the molecule is C[C@@H](N1CCN(c2ccc(-n3cnnn3)cc2)C1=O)[C@](O)(Cn1c[n+](COC(=O)OCCCOCc2ccccc2)cn1)c1ccc(F)cc1F.[Cl-]. The Morgan fingerprint density at radius 2 is 1.79 bits per heavy atom. The number of aliphatic hydroxyl groups is 1. The fourth-order valence-corrected chi connectivity index (χ4v) is 5.77. The molecule has 2 amide bonds. The fourth-order valence-electron chi connectivity index (χ4n) is 5.77. The molecule has 6 rings (SSSR count). The summed E-state index contributed by atoms with van der Waals surface area (Å²) in [6.07, 6.45) is 3.82. The number of nitrogens with zero attached hydrogens (tertiary/aromatic N) is 9. The van der Waals surface area contributed by atoms with Crippen molar-refractivity contribution in [2.45, 2.75) is 44.9 Å². The second kappa shape index (κ2) is 17.1. The van der Waals surface area contributed by atoms with Crippen LogP contribution < -0.4 is 21.9 Å². The molecule has 0 aliphatic carbocycles. The van der Waals surface area contributed by atoms with E-state index in [0.29, 0.717) is 43.6 Å². The highest BCUT2D eigenvalue weighted by atomic mass is 35.5. The van der Waals surface area contributed by atoms with Crippen molar-refractivity contribution in [3.63, 3.8) is 0 Å². The Balaban J connectivity index is 0.00000523. The lowest BCUT2D eigenvalue weighted by atomic mass is 9.85. The highest BCUT2D eigenvalue weighted by molar-refractivity contribution is 5.94. The Labute approximate surface area is 303 Å². The van der Waals surface area contributed by atoms with E-state index in [-0.39, 0.29) is 44.4 Å². The van der Waals surface area contributed by atoms with Crippen LogP contribution in [-0.4, -0.2) is 84.5 Å². The summed E-state index contributed by atoms with van der Waals surface area (Å²) in [5.41, 5.74) is 0.0535. The zero-order chi connectivity index (χ0) is 35.8. The number of carbonyl (C=O) groups excluding carboxylic acids is 2. The Kier molecular flexibility index (Phi) is 12.4. The number of halogens is 3. The van der Waals surface area contributed by atoms with Crippen LogP contribution in [0.25, 0.3) is 5.69 Å². The number of anilines is 1. The van der Waals surface area contributed by atoms with Crippen molar-refractivity contribution >= 4 is 17.9 Å². The number of hydrogen-bond acceptors (Lipinski definition) is 10. The molecule has 3 aromatic carbocycles. The van der Waals surface area contributed by atoms with E-state index in [4.69, 9.17) is 14.2 Å². The summed E-state index contributed by atoms with van der Waals surface area (Å²) >= 11 is 0. The van der Waals surface area contributed by atoms with Gasteiger partial charge in [-0.15, -0.1) is 9.78 Å². The summed E-state index contributed by atoms with van der Waals surface area (Å²) < 4.78 is 49.3. The number of benzene rings is 3. The number of ether oxygens (including phenoxy) is 3. The summed E-state index contributed by atoms with van der Waals surface area (Å²) in [5, 5.41) is 27.6. The molecule has 15 nitrogen and oxygen atoms in total. The lowest BCUT2D eigenvalue weighted by molar-refractivity contribution is -0.728. The van der Waals surface area contributed by atoms with Gasteiger partial charge in [0.15, 0.2) is 0 Å². The van der Waals surface area contributed by atoms with Gasteiger partial charge in [0, 0.05) is 41.9 Å². The number of tetrazole rings is 1. The molecule has 1 aliphatic heterocycles. The van der Waals surface area contributed by atoms with E-state index in [9.17, 15) is 19.1 Å². The molecule has 0 unspecified atom stereocenters. The monoisotopic (exact) mass is 739 g/mol. The molecule has 52 heavy (non-hydrogen) atoms. The molecule has 1 saturated heterocycles. The van der Waals surface area contributed by atoms with Gasteiger partial charge in [0.25, 0.3) is 6.33 Å². The lowest BCUT2D eigenvalue weighted by Gasteiger charge is -2.38. The van der Waals surface area contributed by atoms with Crippen LogP contribution in [0.15, 0.2) is 91.8 Å². The summed E-state index contributed by atoms with van der Waals surface area (Å²) in [5.74, 6) is -1.80. The van der Waals surface area contributed by atoms with E-state index in [1.807, 2.05) is 30.3 Å². The maximum atomic E-state index is 15.3. The third kappa shape index (κ3) is 8.85. The van der Waals surface area contributed by atoms with Gasteiger partial charge in [-0.1, -0.05) is 36.4 Å². The van der Waals surface area contributed by atoms with Crippen LogP contribution in [0.1, 0.15) is 24.5 Å². The van der Waals surface area contributed by atoms with E-state index < -0.39 is 35.5 Å². The van der Waals surface area contributed by atoms with Crippen molar-refractivity contribution < 1.29 is 54.7 Å². The molecule has 2 atom stereocenters. The average molecular weight is 740 g/mol. The Hall–Kier alpha value is -5.52. The molecule has 1 N–H and O–H groups in total. The first-order valence-corrected chi connectivity index (χ1v) is 16.1. The summed E-state index contributed by atoms with van der Waals surface area (Å²) in [7, 11) is 0. The third-order valence-electron chi connectivity index (χ3n) is 8.50. The zero-order valence-electron chi connectivity index (χ0n) is 28.0. The maximum Gasteiger partial charge on any atom is 0.511 e. The molecule has 274 valence electrons. The molecule has 2 aromatic heterocycles. The highest BCUT2D eigenvalue weighted by Crippen LogP contribution is 2.35. The van der Waals surface area contributed by atoms with Gasteiger partial charge in [-0.25, -0.2) is 27.6 Å². The van der Waals surface area contributed by atoms with Gasteiger partial charge in [0.2, 0.25) is 13.1 Å². The molecule has 0 saturated carbocycles. The van der Waals surface area contributed by atoms with E-state index >= 15 is 4.39 Å². The van der Waals surface area contributed by atoms with Crippen molar-refractivity contribution in [3.05, 3.63) is 115 Å². The van der Waals surface area contributed by atoms with Gasteiger partial charge in [0.1, 0.15) is 30.1 Å². The van der Waals surface area contributed by atoms with E-state index in [1.54, 1.807) is 31.2 Å². The quantitative estimate of drug-likeness (QED) is 0.0906. The summed E-state index contributed by atoms with van der Waals surface area (Å²) in [6.45, 7) is 2.48. The first-order chi connectivity index (χ1) is 24.7. The first-order valence-electron chi connectivity index (χ1n) is 16.1. The lowest BCUT2D eigenvalue weighted by Crippen LogP contribution is -3.00. The molecular weight excluding hydrogens is 704 g/mol. The maximum absolute atomic E-state index is 15.3. The number of rotatable bonds is 15. The van der Waals surface area contributed by atoms with E-state index in [2.05, 4.69) is 20.6 Å². The van der Waals surface area contributed by atoms with Gasteiger partial charge in [-0.2, -0.15) is 0 Å². The van der Waals surface area contributed by atoms with Crippen LogP contribution in [-0.2, 0) is 39.7 Å². The standard InChI is InChI=1S/C34H36F2N9O6.ClH/c1-25(43-14-15-44(32(43)46)28-9-11-29(12-10-28)45-21-37-39-40-45)34(48,30-13-8-27(35)18-31(30)36)20-42-23-41(22-38-42)24-51-33(47)50-17-5-16-49-19-26-6-3-2-4-7-26;/h2-4,6-13,18,21-23,25,48H,5,14-17,19-20,24H2,1H3;1H/q+1;/p-1/t25-,34-;/m1./s1. The van der Waals surface area contributed by atoms with Crippen LogP contribution in [0.2, 0.25) is 0 Å². The minimum atomic E-state index is -2.07. The van der Waals surface area contributed by atoms with Crippen molar-refractivity contribution in [3.8, 4) is 5.69 Å². The van der Waals surface area contributed by atoms with Crippen molar-refractivity contribution in [1.29, 1.82) is 0 Å². The van der Waals surface area contributed by atoms with Gasteiger partial charge < -0.3 is 36.6 Å². The van der Waals surface area contributed by atoms with Crippen LogP contribution in [0.4, 0.5) is 24.1 Å². The van der Waals surface area contributed by atoms with Crippen LogP contribution in [0.3, 0.4) is 0 Å². The molecule has 5 aromatic rings. The van der Waals surface area contributed by atoms with Crippen LogP contribution >= 0.6 is 0 Å². The van der Waals surface area contributed by atoms with Gasteiger partial charge in [0.05, 0.1) is 31.5 Å². The highest BCUT2D eigenvalue weighted by Gasteiger charge is 2.47. The van der Waals surface area contributed by atoms with Crippen molar-refractivity contribution in [1.82, 2.24) is 34.9 Å². The molecule has 3 heterocycles. The van der Waals surface area contributed by atoms with E-state index in [0.717, 1.165) is 17.7 Å². The van der Waals surface area contributed by atoms with Crippen molar-refractivity contribution in [2.75, 3.05) is 31.2 Å². The van der Waals surface area contributed by atoms with Gasteiger partial charge in [-0.05, 0) is 53.2 Å². The molecular formula is C34H36ClF2N9O6. The number of urea groups is 1. The zero-order valence-corrected chi connectivity index (χ0v) is 28.8. The Bertz CT molecular complexity index is 1920. The van der Waals surface area contributed by atoms with Crippen LogP contribution in [0, 0.1) is 11.6 Å². The predicted octanol–water partition coefficient (Wildman–Crippen LogP) is 0.365. The summed E-state index contributed by atoms with van der Waals surface area (Å²) in [4.78, 5) is 28.8. The van der Waals surface area contributed by atoms with Gasteiger partial charge in [-0.3, -0.25) is 4.90 Å². The minimum Gasteiger partial charge on any atom is -1.00 e. The second-order valence-electron chi connectivity index (χ2n) is 11.8. The Morgan fingerprint density at radius 1 is 1.02 bits per heavy atom. The Morgan fingerprint density at radius 3 is 2.52 bits per heavy atom. The largest absolute Gasteiger partial charge is 1.00 e. The number of amides is 2. The number of aromatic nitrogens is 7. The van der Waals surface area contributed by atoms with Crippen molar-refractivity contribution in [2.24, 2.45) is 0 Å². The average Bonchev–Trinajstić information content (AvgIpc) is 3.91. The van der Waals surface area contributed by atoms with Crippen LogP contribution in [0.5, 0.6) is 0 Å². The van der Waals surface area contributed by atoms with E-state index in [1.165, 1.54) is 42.7 Å². The molecule has 0 radical (unpaired) electrons. The fraction of sp³-hybridized carbons (Fsp3) is 0.324. The number of carbonyl (C=O) groups is 2. The number of hydrogen-bond donors (Lipinski definition) is 1. The smallest absolute Gasteiger partial charge is 0.511 e. The first kappa shape index (κ1) is 37.7. The molecule has 18 heteroatoms. The third-order valence-corrected chi connectivity index (χ3v) is 8.50. The second-order valence-corrected chi connectivity index (χ2v) is 11.8. The normalized spacial score (nSPS) is 14.5. The minimum absolute atomic E-state index is 0. The summed E-state index contributed by atoms with van der Waals surface area (Å²) in [6, 6.07) is 18.2. The molecule has 1 aliphatic rings.